The first-order chi connectivity index (χ1) is 13.3. The maximum absolute atomic E-state index is 11.6. The van der Waals surface area contributed by atoms with Crippen molar-refractivity contribution in [3.63, 3.8) is 0 Å². The van der Waals surface area contributed by atoms with E-state index >= 15 is 0 Å². The van der Waals surface area contributed by atoms with Gasteiger partial charge in [0.1, 0.15) is 18.5 Å². The number of rotatable bonds is 11. The second-order valence-electron chi connectivity index (χ2n) is 6.41. The number of nitrogens with one attached hydrogen (secondary N) is 1. The van der Waals surface area contributed by atoms with Gasteiger partial charge in [-0.2, -0.15) is 0 Å². The van der Waals surface area contributed by atoms with Crippen LogP contribution in [0.25, 0.3) is 0 Å². The molecule has 0 aliphatic heterocycles. The Morgan fingerprint density at radius 2 is 1.79 bits per heavy atom. The Kier molecular flexibility index (Phi) is 8.13. The van der Waals surface area contributed by atoms with Crippen LogP contribution in [-0.2, 0) is 16.4 Å². The first-order valence-electron chi connectivity index (χ1n) is 9.06. The van der Waals surface area contributed by atoms with Crippen molar-refractivity contribution in [2.75, 3.05) is 19.7 Å². The Morgan fingerprint density at radius 1 is 1.14 bits per heavy atom. The van der Waals surface area contributed by atoms with Gasteiger partial charge in [-0.1, -0.05) is 19.1 Å². The van der Waals surface area contributed by atoms with Gasteiger partial charge >= 0.3 is 0 Å². The predicted octanol–water partition coefficient (Wildman–Crippen LogP) is 1.50. The van der Waals surface area contributed by atoms with Crippen molar-refractivity contribution in [1.29, 1.82) is 0 Å². The van der Waals surface area contributed by atoms with E-state index in [-0.39, 0.29) is 17.3 Å². The number of benzene rings is 2. The van der Waals surface area contributed by atoms with Crippen LogP contribution in [0.3, 0.4) is 0 Å². The van der Waals surface area contributed by atoms with Crippen LogP contribution in [0.1, 0.15) is 29.3 Å². The third kappa shape index (κ3) is 7.05. The summed E-state index contributed by atoms with van der Waals surface area (Å²) < 4.78 is 28.0. The summed E-state index contributed by atoms with van der Waals surface area (Å²) in [5.41, 5.74) is 1.61. The maximum atomic E-state index is 11.6. The highest BCUT2D eigenvalue weighted by molar-refractivity contribution is 7.89. The summed E-state index contributed by atoms with van der Waals surface area (Å²) in [6, 6.07) is 13.3. The second kappa shape index (κ2) is 10.3. The molecule has 1 atom stereocenters. The van der Waals surface area contributed by atoms with Crippen LogP contribution in [0, 0.1) is 0 Å². The van der Waals surface area contributed by atoms with Crippen LogP contribution in [0.4, 0.5) is 0 Å². The number of sulfonamides is 1. The summed E-state index contributed by atoms with van der Waals surface area (Å²) in [6.07, 6.45) is 0.466. The number of aliphatic hydroxyl groups is 1. The molecule has 0 aliphatic rings. The summed E-state index contributed by atoms with van der Waals surface area (Å²) in [4.78, 5) is 11.7. The van der Waals surface area contributed by atoms with E-state index in [2.05, 4.69) is 5.32 Å². The van der Waals surface area contributed by atoms with Crippen molar-refractivity contribution in [1.82, 2.24) is 5.32 Å². The molecule has 8 heteroatoms. The lowest BCUT2D eigenvalue weighted by Crippen LogP contribution is -2.32. The van der Waals surface area contributed by atoms with Gasteiger partial charge in [0, 0.05) is 18.5 Å². The summed E-state index contributed by atoms with van der Waals surface area (Å²) in [5.74, 6) is 0.678. The molecule has 0 saturated carbocycles. The number of carbonyl (C=O) groups is 1. The monoisotopic (exact) mass is 406 g/mol. The van der Waals surface area contributed by atoms with Gasteiger partial charge in [0.05, 0.1) is 4.90 Å². The first kappa shape index (κ1) is 22.0. The number of aliphatic hydroxyl groups excluding tert-OH is 1. The lowest BCUT2D eigenvalue weighted by molar-refractivity contribution is 0.0986. The van der Waals surface area contributed by atoms with Crippen molar-refractivity contribution in [3.05, 3.63) is 59.7 Å². The first-order valence-corrected chi connectivity index (χ1v) is 10.6. The molecule has 0 radical (unpaired) electrons. The topological polar surface area (TPSA) is 119 Å². The highest BCUT2D eigenvalue weighted by Gasteiger charge is 2.08. The zero-order valence-corrected chi connectivity index (χ0v) is 16.6. The zero-order chi connectivity index (χ0) is 20.6. The van der Waals surface area contributed by atoms with Crippen LogP contribution >= 0.6 is 0 Å². The molecule has 0 fully saturated rings. The quantitative estimate of drug-likeness (QED) is 0.384. The number of primary sulfonamides is 1. The Hall–Kier alpha value is -2.26. The van der Waals surface area contributed by atoms with Crippen molar-refractivity contribution < 1.29 is 23.1 Å². The molecule has 0 spiro atoms. The Bertz CT molecular complexity index is 864. The molecule has 2 rings (SSSR count). The molecule has 2 aromatic rings. The highest BCUT2D eigenvalue weighted by atomic mass is 32.2. The Labute approximate surface area is 165 Å². The van der Waals surface area contributed by atoms with Crippen LogP contribution in [-0.4, -0.2) is 45.1 Å². The number of ether oxygens (including phenoxy) is 1. The van der Waals surface area contributed by atoms with E-state index < -0.39 is 16.1 Å². The molecule has 0 bridgehead atoms. The number of Topliss-reactive ketones (excluding diaryl/α,β-unsaturated/α-hetero) is 1. The molecule has 7 nitrogen and oxygen atoms in total. The number of hydrogen-bond acceptors (Lipinski definition) is 6. The molecule has 0 saturated heterocycles. The van der Waals surface area contributed by atoms with Gasteiger partial charge in [0.25, 0.3) is 0 Å². The average Bonchev–Trinajstić information content (AvgIpc) is 2.69. The van der Waals surface area contributed by atoms with Crippen molar-refractivity contribution >= 4 is 15.8 Å². The van der Waals surface area contributed by atoms with Gasteiger partial charge in [0.15, 0.2) is 5.78 Å². The number of nitrogens with two attached hydrogens (primary N) is 1. The molecular weight excluding hydrogens is 380 g/mol. The molecule has 2 aromatic carbocycles. The smallest absolute Gasteiger partial charge is 0.238 e. The number of hydrogen-bond donors (Lipinski definition) is 3. The molecule has 0 aromatic heterocycles. The maximum Gasteiger partial charge on any atom is 0.238 e. The molecule has 0 aliphatic carbocycles. The minimum Gasteiger partial charge on any atom is -0.491 e. The van der Waals surface area contributed by atoms with Gasteiger partial charge in [-0.25, -0.2) is 13.6 Å². The van der Waals surface area contributed by atoms with Gasteiger partial charge in [0.2, 0.25) is 10.0 Å². The van der Waals surface area contributed by atoms with Crippen LogP contribution < -0.4 is 15.2 Å². The SMILES string of the molecule is CCC(=O)c1ccc(OC[C@H](O)CNCCc2ccc(S(N)(=O)=O)cc2)cc1. The van der Waals surface area contributed by atoms with Gasteiger partial charge in [-0.05, 0) is 54.9 Å². The fourth-order valence-electron chi connectivity index (χ4n) is 2.54. The molecule has 152 valence electrons. The second-order valence-corrected chi connectivity index (χ2v) is 7.97. The van der Waals surface area contributed by atoms with E-state index in [1.807, 2.05) is 6.92 Å². The van der Waals surface area contributed by atoms with Gasteiger partial charge in [-0.15, -0.1) is 0 Å². The van der Waals surface area contributed by atoms with Crippen molar-refractivity contribution in [3.8, 4) is 5.75 Å². The van der Waals surface area contributed by atoms with Gasteiger partial charge < -0.3 is 15.2 Å². The fraction of sp³-hybridized carbons (Fsp3) is 0.350. The van der Waals surface area contributed by atoms with E-state index in [1.54, 1.807) is 36.4 Å². The minimum absolute atomic E-state index is 0.0788. The Balaban J connectivity index is 1.67. The van der Waals surface area contributed by atoms with E-state index in [4.69, 9.17) is 9.88 Å². The average molecular weight is 407 g/mol. The highest BCUT2D eigenvalue weighted by Crippen LogP contribution is 2.14. The van der Waals surface area contributed by atoms with Crippen LogP contribution in [0.15, 0.2) is 53.4 Å². The van der Waals surface area contributed by atoms with Crippen molar-refractivity contribution in [2.45, 2.75) is 30.8 Å². The van der Waals surface area contributed by atoms with E-state index in [1.165, 1.54) is 12.1 Å². The lowest BCUT2D eigenvalue weighted by Gasteiger charge is -2.13. The molecule has 28 heavy (non-hydrogen) atoms. The normalized spacial score (nSPS) is 12.5. The minimum atomic E-state index is -3.67. The molecular formula is C20H26N2O5S. The number of carbonyl (C=O) groups excluding carboxylic acids is 1. The fourth-order valence-corrected chi connectivity index (χ4v) is 3.06. The van der Waals surface area contributed by atoms with E-state index in [0.717, 1.165) is 5.56 Å². The van der Waals surface area contributed by atoms with E-state index in [9.17, 15) is 18.3 Å². The van der Waals surface area contributed by atoms with Crippen molar-refractivity contribution in [2.24, 2.45) is 5.14 Å². The standard InChI is InChI=1S/C20H26N2O5S/c1-2-20(24)16-5-7-18(8-6-16)27-14-17(23)13-22-12-11-15-3-9-19(10-4-15)28(21,25)26/h3-10,17,22-23H,2,11-14H2,1H3,(H2,21,25,26)/t17-/m1/s1. The van der Waals surface area contributed by atoms with Gasteiger partial charge in [-0.3, -0.25) is 4.79 Å². The van der Waals surface area contributed by atoms with Crippen LogP contribution in [0.5, 0.6) is 5.75 Å². The van der Waals surface area contributed by atoms with E-state index in [0.29, 0.717) is 37.2 Å². The zero-order valence-electron chi connectivity index (χ0n) is 15.8. The Morgan fingerprint density at radius 3 is 2.36 bits per heavy atom. The predicted molar refractivity (Wildman–Crippen MR) is 107 cm³/mol. The summed E-state index contributed by atoms with van der Waals surface area (Å²) in [6.45, 7) is 2.94. The molecule has 0 heterocycles. The summed E-state index contributed by atoms with van der Waals surface area (Å²) in [7, 11) is -3.67. The molecule has 4 N–H and O–H groups in total. The third-order valence-electron chi connectivity index (χ3n) is 4.16. The third-order valence-corrected chi connectivity index (χ3v) is 5.09. The summed E-state index contributed by atoms with van der Waals surface area (Å²) >= 11 is 0. The number of ketones is 1. The molecule has 0 unspecified atom stereocenters. The summed E-state index contributed by atoms with van der Waals surface area (Å²) in [5, 5.41) is 18.2. The van der Waals surface area contributed by atoms with Crippen LogP contribution in [0.2, 0.25) is 0 Å². The molecule has 0 amide bonds. The lowest BCUT2D eigenvalue weighted by atomic mass is 10.1. The largest absolute Gasteiger partial charge is 0.491 e.